The Morgan fingerprint density at radius 1 is 1.35 bits per heavy atom. The Morgan fingerprint density at radius 3 is 2.90 bits per heavy atom. The van der Waals surface area contributed by atoms with Gasteiger partial charge in [0.1, 0.15) is 0 Å². The van der Waals surface area contributed by atoms with E-state index in [-0.39, 0.29) is 5.91 Å². The maximum absolute atomic E-state index is 11.5. The summed E-state index contributed by atoms with van der Waals surface area (Å²) in [6, 6.07) is 6.40. The lowest BCUT2D eigenvalue weighted by molar-refractivity contribution is -0.123. The van der Waals surface area contributed by atoms with Gasteiger partial charge in [0.25, 0.3) is 5.91 Å². The van der Waals surface area contributed by atoms with E-state index >= 15 is 0 Å². The van der Waals surface area contributed by atoms with Crippen molar-refractivity contribution < 1.29 is 9.90 Å². The van der Waals surface area contributed by atoms with Crippen molar-refractivity contribution in [3.05, 3.63) is 23.8 Å². The number of carbonyl (C=O) groups is 1. The molecule has 4 heteroatoms. The topological polar surface area (TPSA) is 52.6 Å². The number of hydrogen-bond donors (Lipinski definition) is 2. The van der Waals surface area contributed by atoms with Gasteiger partial charge in [-0.05, 0) is 30.9 Å². The molecule has 2 aliphatic rings. The number of aliphatic hydroxyl groups is 1. The molecular formula is C16H22N2O2. The lowest BCUT2D eigenvalue weighted by Crippen LogP contribution is -2.35. The van der Waals surface area contributed by atoms with Crippen molar-refractivity contribution in [2.45, 2.75) is 44.8 Å². The molecule has 1 amide bonds. The Balaban J connectivity index is 1.81. The second-order valence-electron chi connectivity index (χ2n) is 6.20. The molecule has 1 saturated carbocycles. The maximum Gasteiger partial charge on any atom is 0.257 e. The highest BCUT2D eigenvalue weighted by Gasteiger charge is 2.29. The molecule has 2 N–H and O–H groups in total. The number of nitrogens with zero attached hydrogens (tertiary/aromatic N) is 1. The van der Waals surface area contributed by atoms with Gasteiger partial charge in [-0.3, -0.25) is 4.79 Å². The fourth-order valence-corrected chi connectivity index (χ4v) is 3.42. The van der Waals surface area contributed by atoms with Crippen LogP contribution in [0.15, 0.2) is 18.2 Å². The molecule has 0 aromatic heterocycles. The van der Waals surface area contributed by atoms with E-state index in [0.717, 1.165) is 17.3 Å². The summed E-state index contributed by atoms with van der Waals surface area (Å²) in [5, 5.41) is 12.5. The molecule has 0 spiro atoms. The Hall–Kier alpha value is -1.55. The van der Waals surface area contributed by atoms with Crippen molar-refractivity contribution >= 4 is 17.3 Å². The molecule has 1 aliphatic heterocycles. The first-order valence-corrected chi connectivity index (χ1v) is 7.42. The van der Waals surface area contributed by atoms with Crippen LogP contribution in [0.3, 0.4) is 0 Å². The molecule has 0 radical (unpaired) electrons. The summed E-state index contributed by atoms with van der Waals surface area (Å²) >= 11 is 0. The molecule has 1 aliphatic carbocycles. The molecule has 0 bridgehead atoms. The van der Waals surface area contributed by atoms with Crippen molar-refractivity contribution in [2.75, 3.05) is 17.3 Å². The highest BCUT2D eigenvalue weighted by atomic mass is 16.3. The Labute approximate surface area is 119 Å². The van der Waals surface area contributed by atoms with Gasteiger partial charge in [-0.2, -0.15) is 0 Å². The van der Waals surface area contributed by atoms with Gasteiger partial charge in [0.15, 0.2) is 6.10 Å². The normalized spacial score (nSPS) is 28.9. The van der Waals surface area contributed by atoms with Crippen LogP contribution in [0.1, 0.15) is 44.3 Å². The number of amides is 1. The third-order valence-corrected chi connectivity index (χ3v) is 4.70. The quantitative estimate of drug-likeness (QED) is 0.872. The molecule has 1 heterocycles. The van der Waals surface area contributed by atoms with E-state index in [2.05, 4.69) is 24.2 Å². The standard InChI is InChI=1S/C16H22N2O2/c1-10-4-3-5-11(8-10)18(2)12-6-7-13-14(9-12)17-16(20)15(13)19/h6-7,9-11,15,19H,3-5,8H2,1-2H3,(H,17,20). The molecule has 0 saturated heterocycles. The van der Waals surface area contributed by atoms with E-state index in [1.807, 2.05) is 18.2 Å². The minimum Gasteiger partial charge on any atom is -0.378 e. The molecule has 1 aromatic rings. The number of rotatable bonds is 2. The van der Waals surface area contributed by atoms with Gasteiger partial charge in [0.05, 0.1) is 0 Å². The number of hydrogen-bond acceptors (Lipinski definition) is 3. The predicted molar refractivity (Wildman–Crippen MR) is 79.9 cm³/mol. The summed E-state index contributed by atoms with van der Waals surface area (Å²) in [5.74, 6) is 0.457. The molecular weight excluding hydrogens is 252 g/mol. The van der Waals surface area contributed by atoms with Crippen LogP contribution < -0.4 is 10.2 Å². The van der Waals surface area contributed by atoms with Gasteiger partial charge in [-0.15, -0.1) is 0 Å². The van der Waals surface area contributed by atoms with Crippen molar-refractivity contribution in [3.8, 4) is 0 Å². The Kier molecular flexibility index (Phi) is 3.42. The lowest BCUT2D eigenvalue weighted by Gasteiger charge is -2.35. The first-order chi connectivity index (χ1) is 9.56. The second kappa shape index (κ2) is 5.09. The molecule has 3 unspecified atom stereocenters. The van der Waals surface area contributed by atoms with Crippen LogP contribution in [0.25, 0.3) is 0 Å². The van der Waals surface area contributed by atoms with Crippen molar-refractivity contribution in [3.63, 3.8) is 0 Å². The van der Waals surface area contributed by atoms with Crippen LogP contribution in [0.5, 0.6) is 0 Å². The first kappa shape index (κ1) is 13.4. The van der Waals surface area contributed by atoms with Crippen LogP contribution in [0, 0.1) is 5.92 Å². The largest absolute Gasteiger partial charge is 0.378 e. The number of nitrogens with one attached hydrogen (secondary N) is 1. The number of fused-ring (bicyclic) bond motifs is 1. The summed E-state index contributed by atoms with van der Waals surface area (Å²) in [4.78, 5) is 13.8. The average Bonchev–Trinajstić information content (AvgIpc) is 2.73. The number of carbonyl (C=O) groups excluding carboxylic acids is 1. The number of aliphatic hydroxyl groups excluding tert-OH is 1. The smallest absolute Gasteiger partial charge is 0.257 e. The van der Waals surface area contributed by atoms with Crippen LogP contribution >= 0.6 is 0 Å². The molecule has 20 heavy (non-hydrogen) atoms. The Bertz CT molecular complexity index is 529. The molecule has 1 aromatic carbocycles. The third kappa shape index (κ3) is 2.29. The van der Waals surface area contributed by atoms with Crippen LogP contribution in [0.2, 0.25) is 0 Å². The van der Waals surface area contributed by atoms with Gasteiger partial charge < -0.3 is 15.3 Å². The van der Waals surface area contributed by atoms with Crippen molar-refractivity contribution in [1.29, 1.82) is 0 Å². The molecule has 1 fully saturated rings. The van der Waals surface area contributed by atoms with E-state index in [4.69, 9.17) is 0 Å². The SMILES string of the molecule is CC1CCCC(N(C)c2ccc3c(c2)NC(=O)C3O)C1. The molecule has 3 atom stereocenters. The molecule has 108 valence electrons. The zero-order valence-electron chi connectivity index (χ0n) is 12.1. The maximum atomic E-state index is 11.5. The fourth-order valence-electron chi connectivity index (χ4n) is 3.42. The Morgan fingerprint density at radius 2 is 2.15 bits per heavy atom. The zero-order chi connectivity index (χ0) is 14.3. The third-order valence-electron chi connectivity index (χ3n) is 4.70. The summed E-state index contributed by atoms with van der Waals surface area (Å²) in [6.45, 7) is 2.32. The fraction of sp³-hybridized carbons (Fsp3) is 0.562. The molecule has 3 rings (SSSR count). The minimum atomic E-state index is -1.01. The minimum absolute atomic E-state index is 0.328. The zero-order valence-corrected chi connectivity index (χ0v) is 12.1. The van der Waals surface area contributed by atoms with Gasteiger partial charge >= 0.3 is 0 Å². The van der Waals surface area contributed by atoms with Crippen LogP contribution in [-0.2, 0) is 4.79 Å². The van der Waals surface area contributed by atoms with E-state index in [0.29, 0.717) is 11.6 Å². The predicted octanol–water partition coefficient (Wildman–Crippen LogP) is 2.69. The van der Waals surface area contributed by atoms with Crippen LogP contribution in [0.4, 0.5) is 11.4 Å². The summed E-state index contributed by atoms with van der Waals surface area (Å²) in [7, 11) is 2.12. The second-order valence-corrected chi connectivity index (χ2v) is 6.20. The summed E-state index contributed by atoms with van der Waals surface area (Å²) < 4.78 is 0. The molecule has 4 nitrogen and oxygen atoms in total. The van der Waals surface area contributed by atoms with Crippen LogP contribution in [-0.4, -0.2) is 24.1 Å². The van der Waals surface area contributed by atoms with Crippen molar-refractivity contribution in [1.82, 2.24) is 0 Å². The monoisotopic (exact) mass is 274 g/mol. The van der Waals surface area contributed by atoms with E-state index in [1.54, 1.807) is 0 Å². The van der Waals surface area contributed by atoms with Crippen molar-refractivity contribution in [2.24, 2.45) is 5.92 Å². The van der Waals surface area contributed by atoms with Gasteiger partial charge in [0, 0.05) is 30.0 Å². The lowest BCUT2D eigenvalue weighted by atomic mass is 9.86. The average molecular weight is 274 g/mol. The van der Waals surface area contributed by atoms with Gasteiger partial charge in [-0.1, -0.05) is 25.8 Å². The number of anilines is 2. The van der Waals surface area contributed by atoms with Gasteiger partial charge in [-0.25, -0.2) is 0 Å². The number of benzene rings is 1. The highest BCUT2D eigenvalue weighted by molar-refractivity contribution is 6.02. The summed E-state index contributed by atoms with van der Waals surface area (Å²) in [6.07, 6.45) is 4.06. The first-order valence-electron chi connectivity index (χ1n) is 7.42. The van der Waals surface area contributed by atoms with Gasteiger partial charge in [0.2, 0.25) is 0 Å². The van der Waals surface area contributed by atoms with E-state index in [1.165, 1.54) is 25.7 Å². The highest BCUT2D eigenvalue weighted by Crippen LogP contribution is 2.36. The summed E-state index contributed by atoms with van der Waals surface area (Å²) in [5.41, 5.74) is 2.54. The van der Waals surface area contributed by atoms with E-state index < -0.39 is 6.10 Å². The van der Waals surface area contributed by atoms with E-state index in [9.17, 15) is 9.90 Å².